The van der Waals surface area contributed by atoms with Gasteiger partial charge in [0.2, 0.25) is 0 Å². The molecule has 0 aromatic heterocycles. The standard InChI is InChI=1S/C15H20N2O3/c16-13-5-3-12(4-6-13)14(18)15(19)20-9-7-11-2-1-8-17-10-11/h3-6,11,17H,1-2,7-10,16H2. The molecular weight excluding hydrogens is 256 g/mol. The number of hydrogen-bond donors (Lipinski definition) is 2. The van der Waals surface area contributed by atoms with Crippen LogP contribution in [0.15, 0.2) is 24.3 Å². The second-order valence-electron chi connectivity index (χ2n) is 5.09. The SMILES string of the molecule is Nc1ccc(C(=O)C(=O)OCCC2CCCNC2)cc1. The van der Waals surface area contributed by atoms with Gasteiger partial charge in [-0.2, -0.15) is 0 Å². The maximum atomic E-state index is 11.8. The maximum Gasteiger partial charge on any atom is 0.379 e. The van der Waals surface area contributed by atoms with E-state index in [9.17, 15) is 9.59 Å². The van der Waals surface area contributed by atoms with Crippen LogP contribution in [0.2, 0.25) is 0 Å². The lowest BCUT2D eigenvalue weighted by atomic mass is 9.97. The topological polar surface area (TPSA) is 81.4 Å². The van der Waals surface area contributed by atoms with Crippen molar-refractivity contribution in [2.24, 2.45) is 5.92 Å². The molecule has 1 saturated heterocycles. The second kappa shape index (κ2) is 7.05. The average molecular weight is 276 g/mol. The molecule has 1 atom stereocenters. The van der Waals surface area contributed by atoms with Crippen LogP contribution in [-0.2, 0) is 9.53 Å². The number of piperidine rings is 1. The van der Waals surface area contributed by atoms with Crippen LogP contribution in [0.5, 0.6) is 0 Å². The predicted molar refractivity (Wildman–Crippen MR) is 76.4 cm³/mol. The summed E-state index contributed by atoms with van der Waals surface area (Å²) in [6.45, 7) is 2.32. The van der Waals surface area contributed by atoms with E-state index in [0.29, 0.717) is 23.8 Å². The van der Waals surface area contributed by atoms with E-state index in [2.05, 4.69) is 5.32 Å². The van der Waals surface area contributed by atoms with E-state index in [1.807, 2.05) is 0 Å². The number of nitrogens with one attached hydrogen (secondary N) is 1. The molecule has 0 spiro atoms. The molecule has 0 amide bonds. The normalized spacial score (nSPS) is 18.5. The Morgan fingerprint density at radius 2 is 2.05 bits per heavy atom. The predicted octanol–water partition coefficient (Wildman–Crippen LogP) is 1.38. The van der Waals surface area contributed by atoms with E-state index < -0.39 is 11.8 Å². The summed E-state index contributed by atoms with van der Waals surface area (Å²) in [5.41, 5.74) is 6.40. The summed E-state index contributed by atoms with van der Waals surface area (Å²) in [6, 6.07) is 6.25. The molecule has 2 rings (SSSR count). The Kier molecular flexibility index (Phi) is 5.12. The van der Waals surface area contributed by atoms with Gasteiger partial charge in [-0.1, -0.05) is 0 Å². The van der Waals surface area contributed by atoms with Gasteiger partial charge < -0.3 is 15.8 Å². The van der Waals surface area contributed by atoms with Crippen molar-refractivity contribution in [1.29, 1.82) is 0 Å². The van der Waals surface area contributed by atoms with Crippen LogP contribution >= 0.6 is 0 Å². The van der Waals surface area contributed by atoms with Crippen molar-refractivity contribution in [2.45, 2.75) is 19.3 Å². The molecular formula is C15H20N2O3. The minimum Gasteiger partial charge on any atom is -0.460 e. The van der Waals surface area contributed by atoms with Crippen LogP contribution in [0.1, 0.15) is 29.6 Å². The summed E-state index contributed by atoms with van der Waals surface area (Å²) in [5.74, 6) is -0.881. The minimum absolute atomic E-state index is 0.298. The van der Waals surface area contributed by atoms with E-state index in [1.54, 1.807) is 12.1 Å². The summed E-state index contributed by atoms with van der Waals surface area (Å²) < 4.78 is 5.04. The Labute approximate surface area is 118 Å². The zero-order chi connectivity index (χ0) is 14.4. The second-order valence-corrected chi connectivity index (χ2v) is 5.09. The van der Waals surface area contributed by atoms with Gasteiger partial charge >= 0.3 is 5.97 Å². The molecule has 1 aromatic carbocycles. The fraction of sp³-hybridized carbons (Fsp3) is 0.467. The monoisotopic (exact) mass is 276 g/mol. The van der Waals surface area contributed by atoms with Crippen LogP contribution in [-0.4, -0.2) is 31.4 Å². The Hall–Kier alpha value is -1.88. The van der Waals surface area contributed by atoms with Gasteiger partial charge in [0.15, 0.2) is 0 Å². The van der Waals surface area contributed by atoms with Crippen molar-refractivity contribution in [1.82, 2.24) is 5.32 Å². The highest BCUT2D eigenvalue weighted by atomic mass is 16.5. The van der Waals surface area contributed by atoms with Crippen LogP contribution in [0.25, 0.3) is 0 Å². The molecule has 0 aliphatic carbocycles. The number of ether oxygens (including phenoxy) is 1. The highest BCUT2D eigenvalue weighted by Crippen LogP contribution is 2.14. The summed E-state index contributed by atoms with van der Waals surface area (Å²) in [5, 5.41) is 3.31. The largest absolute Gasteiger partial charge is 0.460 e. The van der Waals surface area contributed by atoms with Crippen molar-refractivity contribution in [3.8, 4) is 0 Å². The first-order valence-electron chi connectivity index (χ1n) is 6.94. The van der Waals surface area contributed by atoms with E-state index in [-0.39, 0.29) is 0 Å². The molecule has 1 heterocycles. The number of Topliss-reactive ketones (excluding diaryl/α,β-unsaturated/α-hetero) is 1. The molecule has 0 radical (unpaired) electrons. The van der Waals surface area contributed by atoms with Crippen LogP contribution < -0.4 is 11.1 Å². The Bertz CT molecular complexity index is 465. The number of rotatable bonds is 5. The molecule has 3 N–H and O–H groups in total. The van der Waals surface area contributed by atoms with Crippen molar-refractivity contribution in [2.75, 3.05) is 25.4 Å². The van der Waals surface area contributed by atoms with Gasteiger partial charge in [-0.3, -0.25) is 4.79 Å². The Balaban J connectivity index is 1.76. The molecule has 1 aliphatic rings. The van der Waals surface area contributed by atoms with Crippen molar-refractivity contribution < 1.29 is 14.3 Å². The highest BCUT2D eigenvalue weighted by Gasteiger charge is 2.19. The number of nitrogens with two attached hydrogens (primary N) is 1. The number of hydrogen-bond acceptors (Lipinski definition) is 5. The summed E-state index contributed by atoms with van der Waals surface area (Å²) in [7, 11) is 0. The fourth-order valence-corrected chi connectivity index (χ4v) is 2.31. The third-order valence-corrected chi connectivity index (χ3v) is 3.52. The zero-order valence-electron chi connectivity index (χ0n) is 11.4. The molecule has 5 heteroatoms. The smallest absolute Gasteiger partial charge is 0.379 e. The van der Waals surface area contributed by atoms with Gasteiger partial charge in [-0.05, 0) is 62.5 Å². The van der Waals surface area contributed by atoms with Gasteiger partial charge in [-0.15, -0.1) is 0 Å². The number of esters is 1. The molecule has 0 saturated carbocycles. The first-order chi connectivity index (χ1) is 9.66. The number of carbonyl (C=O) groups excluding carboxylic acids is 2. The lowest BCUT2D eigenvalue weighted by molar-refractivity contribution is -0.138. The van der Waals surface area contributed by atoms with E-state index in [0.717, 1.165) is 32.4 Å². The highest BCUT2D eigenvalue weighted by molar-refractivity contribution is 6.40. The minimum atomic E-state index is -0.793. The molecule has 108 valence electrons. The first-order valence-corrected chi connectivity index (χ1v) is 6.94. The fourth-order valence-electron chi connectivity index (χ4n) is 2.31. The Morgan fingerprint density at radius 3 is 2.70 bits per heavy atom. The van der Waals surface area contributed by atoms with Gasteiger partial charge in [0.1, 0.15) is 0 Å². The molecule has 1 aliphatic heterocycles. The summed E-state index contributed by atoms with van der Waals surface area (Å²) in [6.07, 6.45) is 3.10. The van der Waals surface area contributed by atoms with Gasteiger partial charge in [0.05, 0.1) is 6.61 Å². The average Bonchev–Trinajstić information content (AvgIpc) is 2.48. The summed E-state index contributed by atoms with van der Waals surface area (Å²) in [4.78, 5) is 23.5. The maximum absolute atomic E-state index is 11.8. The third kappa shape index (κ3) is 4.06. The molecule has 5 nitrogen and oxygen atoms in total. The number of benzene rings is 1. The lowest BCUT2D eigenvalue weighted by Crippen LogP contribution is -2.30. The lowest BCUT2D eigenvalue weighted by Gasteiger charge is -2.22. The van der Waals surface area contributed by atoms with Crippen molar-refractivity contribution >= 4 is 17.4 Å². The summed E-state index contributed by atoms with van der Waals surface area (Å²) >= 11 is 0. The number of ketones is 1. The first kappa shape index (κ1) is 14.5. The number of carbonyl (C=O) groups is 2. The van der Waals surface area contributed by atoms with Gasteiger partial charge in [0, 0.05) is 11.3 Å². The quantitative estimate of drug-likeness (QED) is 0.367. The van der Waals surface area contributed by atoms with E-state index in [4.69, 9.17) is 10.5 Å². The van der Waals surface area contributed by atoms with Crippen molar-refractivity contribution in [3.63, 3.8) is 0 Å². The molecule has 1 unspecified atom stereocenters. The zero-order valence-corrected chi connectivity index (χ0v) is 11.4. The molecule has 1 aromatic rings. The molecule has 1 fully saturated rings. The molecule has 20 heavy (non-hydrogen) atoms. The number of anilines is 1. The molecule has 0 bridgehead atoms. The number of nitrogen functional groups attached to an aromatic ring is 1. The van der Waals surface area contributed by atoms with Gasteiger partial charge in [0.25, 0.3) is 5.78 Å². The van der Waals surface area contributed by atoms with Crippen LogP contribution in [0.4, 0.5) is 5.69 Å². The van der Waals surface area contributed by atoms with Crippen molar-refractivity contribution in [3.05, 3.63) is 29.8 Å². The van der Waals surface area contributed by atoms with Gasteiger partial charge in [-0.25, -0.2) is 4.79 Å². The van der Waals surface area contributed by atoms with Crippen LogP contribution in [0.3, 0.4) is 0 Å². The van der Waals surface area contributed by atoms with E-state index >= 15 is 0 Å². The third-order valence-electron chi connectivity index (χ3n) is 3.52. The van der Waals surface area contributed by atoms with Crippen LogP contribution in [0, 0.1) is 5.92 Å². The van der Waals surface area contributed by atoms with E-state index in [1.165, 1.54) is 12.1 Å². The Morgan fingerprint density at radius 1 is 1.30 bits per heavy atom.